The molecule has 0 fully saturated rings. The summed E-state index contributed by atoms with van der Waals surface area (Å²) in [6.07, 6.45) is 22.6. The monoisotopic (exact) mass is 295 g/mol. The standard InChI is InChI=1S/C20H41N/c1-4-7-10-12-14-16-19-21(18-9-6-3)20-17-15-13-11-8-5-2/h9,18H,4-8,10-17,19-20H2,1-3H3. The summed E-state index contributed by atoms with van der Waals surface area (Å²) in [6.45, 7) is 9.33. The maximum absolute atomic E-state index is 2.56. The van der Waals surface area contributed by atoms with Crippen molar-refractivity contribution < 1.29 is 0 Å². The minimum absolute atomic E-state index is 1.16. The average molecular weight is 296 g/mol. The molecule has 0 aromatic rings. The second-order valence-electron chi connectivity index (χ2n) is 6.36. The topological polar surface area (TPSA) is 3.24 Å². The Labute approximate surface area is 135 Å². The molecule has 0 spiro atoms. The molecular formula is C20H41N. The zero-order valence-corrected chi connectivity index (χ0v) is 15.2. The zero-order valence-electron chi connectivity index (χ0n) is 15.2. The fraction of sp³-hybridized carbons (Fsp3) is 0.900. The summed E-state index contributed by atoms with van der Waals surface area (Å²) in [5.74, 6) is 0. The third-order valence-corrected chi connectivity index (χ3v) is 4.15. The van der Waals surface area contributed by atoms with Gasteiger partial charge >= 0.3 is 0 Å². The molecule has 0 amide bonds. The summed E-state index contributed by atoms with van der Waals surface area (Å²) in [5, 5.41) is 0. The molecule has 0 aromatic heterocycles. The molecule has 0 N–H and O–H groups in total. The molecular weight excluding hydrogens is 254 g/mol. The van der Waals surface area contributed by atoms with Crippen LogP contribution in [0.25, 0.3) is 0 Å². The van der Waals surface area contributed by atoms with Crippen molar-refractivity contribution >= 4 is 0 Å². The molecule has 1 nitrogen and oxygen atoms in total. The quantitative estimate of drug-likeness (QED) is 0.279. The van der Waals surface area contributed by atoms with Crippen LogP contribution in [0.1, 0.15) is 104 Å². The van der Waals surface area contributed by atoms with E-state index in [1.807, 2.05) is 0 Å². The van der Waals surface area contributed by atoms with Gasteiger partial charge in [0.1, 0.15) is 0 Å². The lowest BCUT2D eigenvalue weighted by Gasteiger charge is -2.20. The van der Waals surface area contributed by atoms with Gasteiger partial charge in [0, 0.05) is 13.1 Å². The van der Waals surface area contributed by atoms with Crippen LogP contribution >= 0.6 is 0 Å². The summed E-state index contributed by atoms with van der Waals surface area (Å²) in [5.41, 5.74) is 0. The Morgan fingerprint density at radius 1 is 0.571 bits per heavy atom. The van der Waals surface area contributed by atoms with E-state index in [1.165, 1.54) is 90.1 Å². The van der Waals surface area contributed by atoms with Crippen molar-refractivity contribution in [3.8, 4) is 0 Å². The van der Waals surface area contributed by atoms with Gasteiger partial charge in [0.05, 0.1) is 0 Å². The van der Waals surface area contributed by atoms with Crippen LogP contribution in [0.3, 0.4) is 0 Å². The van der Waals surface area contributed by atoms with E-state index < -0.39 is 0 Å². The normalized spacial score (nSPS) is 11.4. The molecule has 0 unspecified atom stereocenters. The molecule has 0 aliphatic heterocycles. The fourth-order valence-corrected chi connectivity index (χ4v) is 2.71. The highest BCUT2D eigenvalue weighted by Crippen LogP contribution is 2.09. The summed E-state index contributed by atoms with van der Waals surface area (Å²) in [4.78, 5) is 2.56. The van der Waals surface area contributed by atoms with Gasteiger partial charge in [0.15, 0.2) is 0 Å². The lowest BCUT2D eigenvalue weighted by atomic mass is 10.1. The van der Waals surface area contributed by atoms with Crippen LogP contribution in [0.15, 0.2) is 12.3 Å². The smallest absolute Gasteiger partial charge is 0.0172 e. The van der Waals surface area contributed by atoms with E-state index >= 15 is 0 Å². The van der Waals surface area contributed by atoms with E-state index in [2.05, 4.69) is 37.9 Å². The van der Waals surface area contributed by atoms with E-state index in [9.17, 15) is 0 Å². The fourth-order valence-electron chi connectivity index (χ4n) is 2.71. The van der Waals surface area contributed by atoms with Crippen molar-refractivity contribution in [2.75, 3.05) is 13.1 Å². The first-order valence-electron chi connectivity index (χ1n) is 9.75. The Bertz CT molecular complexity index is 194. The maximum Gasteiger partial charge on any atom is 0.0172 e. The molecule has 1 heteroatoms. The molecule has 126 valence electrons. The Morgan fingerprint density at radius 2 is 1.00 bits per heavy atom. The molecule has 0 aliphatic carbocycles. The lowest BCUT2D eigenvalue weighted by molar-refractivity contribution is 0.348. The van der Waals surface area contributed by atoms with Crippen molar-refractivity contribution in [2.24, 2.45) is 0 Å². The van der Waals surface area contributed by atoms with E-state index in [0.29, 0.717) is 0 Å². The van der Waals surface area contributed by atoms with Gasteiger partial charge in [0.2, 0.25) is 0 Å². The minimum atomic E-state index is 1.16. The summed E-state index contributed by atoms with van der Waals surface area (Å²) < 4.78 is 0. The van der Waals surface area contributed by atoms with Crippen LogP contribution in [-0.4, -0.2) is 18.0 Å². The number of unbranched alkanes of at least 4 members (excludes halogenated alkanes) is 10. The van der Waals surface area contributed by atoms with Crippen molar-refractivity contribution in [3.63, 3.8) is 0 Å². The third kappa shape index (κ3) is 15.7. The second-order valence-corrected chi connectivity index (χ2v) is 6.36. The molecule has 0 saturated carbocycles. The van der Waals surface area contributed by atoms with Crippen LogP contribution in [0.4, 0.5) is 0 Å². The minimum Gasteiger partial charge on any atom is -0.378 e. The number of nitrogens with zero attached hydrogens (tertiary/aromatic N) is 1. The van der Waals surface area contributed by atoms with Gasteiger partial charge < -0.3 is 4.90 Å². The van der Waals surface area contributed by atoms with Gasteiger partial charge in [-0.05, 0) is 25.5 Å². The van der Waals surface area contributed by atoms with Gasteiger partial charge in [-0.1, -0.05) is 91.1 Å². The Balaban J connectivity index is 3.64. The summed E-state index contributed by atoms with van der Waals surface area (Å²) in [6, 6.07) is 0. The van der Waals surface area contributed by atoms with Crippen molar-refractivity contribution in [2.45, 2.75) is 104 Å². The van der Waals surface area contributed by atoms with E-state index in [0.717, 1.165) is 6.42 Å². The molecule has 0 radical (unpaired) electrons. The lowest BCUT2D eigenvalue weighted by Crippen LogP contribution is -2.20. The molecule has 0 bridgehead atoms. The number of allylic oxidation sites excluding steroid dienone is 1. The van der Waals surface area contributed by atoms with Crippen LogP contribution in [0.2, 0.25) is 0 Å². The maximum atomic E-state index is 2.56. The second kappa shape index (κ2) is 17.6. The predicted molar refractivity (Wildman–Crippen MR) is 97.8 cm³/mol. The number of rotatable bonds is 16. The Hall–Kier alpha value is -0.460. The van der Waals surface area contributed by atoms with Crippen LogP contribution in [-0.2, 0) is 0 Å². The van der Waals surface area contributed by atoms with Crippen molar-refractivity contribution in [1.29, 1.82) is 0 Å². The van der Waals surface area contributed by atoms with Gasteiger partial charge in [-0.3, -0.25) is 0 Å². The zero-order chi connectivity index (χ0) is 15.6. The van der Waals surface area contributed by atoms with Crippen LogP contribution in [0.5, 0.6) is 0 Å². The molecule has 0 rings (SSSR count). The third-order valence-electron chi connectivity index (χ3n) is 4.15. The van der Waals surface area contributed by atoms with Gasteiger partial charge in [-0.25, -0.2) is 0 Å². The first-order valence-corrected chi connectivity index (χ1v) is 9.75. The molecule has 0 atom stereocenters. The Morgan fingerprint density at radius 3 is 1.43 bits per heavy atom. The molecule has 0 aromatic carbocycles. The first-order chi connectivity index (χ1) is 10.3. The van der Waals surface area contributed by atoms with Gasteiger partial charge in [-0.2, -0.15) is 0 Å². The molecule has 0 aliphatic rings. The number of hydrogen-bond donors (Lipinski definition) is 0. The van der Waals surface area contributed by atoms with E-state index in [-0.39, 0.29) is 0 Å². The highest BCUT2D eigenvalue weighted by molar-refractivity contribution is 4.81. The average Bonchev–Trinajstić information content (AvgIpc) is 2.50. The summed E-state index contributed by atoms with van der Waals surface area (Å²) >= 11 is 0. The first kappa shape index (κ1) is 20.5. The van der Waals surface area contributed by atoms with Crippen LogP contribution in [0, 0.1) is 0 Å². The van der Waals surface area contributed by atoms with Gasteiger partial charge in [-0.15, -0.1) is 0 Å². The number of hydrogen-bond acceptors (Lipinski definition) is 1. The van der Waals surface area contributed by atoms with E-state index in [4.69, 9.17) is 0 Å². The molecule has 21 heavy (non-hydrogen) atoms. The Kier molecular flexibility index (Phi) is 17.2. The van der Waals surface area contributed by atoms with Crippen molar-refractivity contribution in [3.05, 3.63) is 12.3 Å². The molecule has 0 heterocycles. The SMILES string of the molecule is CCC=CN(CCCCCCCC)CCCCCCCC. The highest BCUT2D eigenvalue weighted by atomic mass is 15.1. The van der Waals surface area contributed by atoms with Crippen molar-refractivity contribution in [1.82, 2.24) is 4.90 Å². The highest BCUT2D eigenvalue weighted by Gasteiger charge is 1.99. The largest absolute Gasteiger partial charge is 0.378 e. The molecule has 0 saturated heterocycles. The van der Waals surface area contributed by atoms with E-state index in [1.54, 1.807) is 0 Å². The predicted octanol–water partition coefficient (Wildman–Crippen LogP) is 6.93. The van der Waals surface area contributed by atoms with Crippen LogP contribution < -0.4 is 0 Å². The summed E-state index contributed by atoms with van der Waals surface area (Å²) in [7, 11) is 0. The van der Waals surface area contributed by atoms with Gasteiger partial charge in [0.25, 0.3) is 0 Å².